The number of para-hydroxylation sites is 1. The van der Waals surface area contributed by atoms with Crippen molar-refractivity contribution < 1.29 is 9.53 Å². The van der Waals surface area contributed by atoms with E-state index in [9.17, 15) is 4.79 Å². The molecule has 27 heavy (non-hydrogen) atoms. The Labute approximate surface area is 156 Å². The summed E-state index contributed by atoms with van der Waals surface area (Å²) in [6, 6.07) is 13.2. The molecule has 1 fully saturated rings. The number of amides is 1. The van der Waals surface area contributed by atoms with E-state index in [0.29, 0.717) is 24.6 Å². The molecule has 0 radical (unpaired) electrons. The van der Waals surface area contributed by atoms with Crippen molar-refractivity contribution in [2.75, 3.05) is 36.5 Å². The number of carbonyl (C=O) groups excluding carboxylic acids is 1. The van der Waals surface area contributed by atoms with Crippen LogP contribution in [0.4, 0.5) is 11.5 Å². The number of benzene rings is 1. The van der Waals surface area contributed by atoms with E-state index < -0.39 is 0 Å². The van der Waals surface area contributed by atoms with Crippen molar-refractivity contribution in [3.8, 4) is 5.69 Å². The van der Waals surface area contributed by atoms with Crippen LogP contribution < -0.4 is 10.2 Å². The molecule has 0 bridgehead atoms. The fourth-order valence-corrected chi connectivity index (χ4v) is 2.90. The number of aromatic nitrogens is 4. The van der Waals surface area contributed by atoms with Crippen LogP contribution in [-0.4, -0.2) is 52.2 Å². The molecular formula is C19H20N6O2. The predicted molar refractivity (Wildman–Crippen MR) is 101 cm³/mol. The predicted octanol–water partition coefficient (Wildman–Crippen LogP) is 2.06. The summed E-state index contributed by atoms with van der Waals surface area (Å²) >= 11 is 0. The van der Waals surface area contributed by atoms with Crippen molar-refractivity contribution in [3.63, 3.8) is 0 Å². The number of ether oxygens (including phenoxy) is 1. The highest BCUT2D eigenvalue weighted by Crippen LogP contribution is 2.16. The van der Waals surface area contributed by atoms with Gasteiger partial charge in [-0.1, -0.05) is 18.2 Å². The first kappa shape index (κ1) is 17.2. The molecule has 1 aliphatic rings. The van der Waals surface area contributed by atoms with Gasteiger partial charge in [0, 0.05) is 13.1 Å². The average molecular weight is 364 g/mol. The molecule has 0 aliphatic carbocycles. The second-order valence-corrected chi connectivity index (χ2v) is 6.22. The molecule has 1 aliphatic heterocycles. The van der Waals surface area contributed by atoms with Crippen LogP contribution >= 0.6 is 0 Å². The number of carbonyl (C=O) groups is 1. The lowest BCUT2D eigenvalue weighted by molar-refractivity contribution is 0.102. The topological polar surface area (TPSA) is 85.2 Å². The van der Waals surface area contributed by atoms with Crippen LogP contribution in [0.5, 0.6) is 0 Å². The van der Waals surface area contributed by atoms with Crippen molar-refractivity contribution in [2.45, 2.75) is 6.92 Å². The van der Waals surface area contributed by atoms with Gasteiger partial charge < -0.3 is 15.0 Å². The Morgan fingerprint density at radius 2 is 1.85 bits per heavy atom. The Bertz CT molecular complexity index is 917. The molecule has 1 N–H and O–H groups in total. The quantitative estimate of drug-likeness (QED) is 0.763. The third-order valence-electron chi connectivity index (χ3n) is 4.33. The monoisotopic (exact) mass is 364 g/mol. The largest absolute Gasteiger partial charge is 0.378 e. The number of anilines is 2. The number of hydrogen-bond donors (Lipinski definition) is 1. The molecule has 3 heterocycles. The van der Waals surface area contributed by atoms with E-state index in [-0.39, 0.29) is 11.6 Å². The van der Waals surface area contributed by atoms with Crippen molar-refractivity contribution in [2.24, 2.45) is 0 Å². The van der Waals surface area contributed by atoms with Gasteiger partial charge in [0.05, 0.1) is 36.5 Å². The number of rotatable bonds is 4. The number of hydrogen-bond acceptors (Lipinski definition) is 6. The van der Waals surface area contributed by atoms with Crippen molar-refractivity contribution in [3.05, 3.63) is 60.0 Å². The number of pyridine rings is 1. The van der Waals surface area contributed by atoms with E-state index in [4.69, 9.17) is 4.74 Å². The minimum atomic E-state index is -0.310. The first-order valence-corrected chi connectivity index (χ1v) is 8.80. The summed E-state index contributed by atoms with van der Waals surface area (Å²) in [5.74, 6) is 0.568. The lowest BCUT2D eigenvalue weighted by atomic mass is 10.3. The average Bonchev–Trinajstić information content (AvgIpc) is 3.12. The van der Waals surface area contributed by atoms with E-state index in [0.717, 1.165) is 24.6 Å². The van der Waals surface area contributed by atoms with E-state index in [1.807, 2.05) is 42.5 Å². The van der Waals surface area contributed by atoms with Gasteiger partial charge in [-0.05, 0) is 31.2 Å². The summed E-state index contributed by atoms with van der Waals surface area (Å²) in [5.41, 5.74) is 2.27. The Morgan fingerprint density at radius 1 is 1.07 bits per heavy atom. The maximum atomic E-state index is 12.6. The fourth-order valence-electron chi connectivity index (χ4n) is 2.90. The van der Waals surface area contributed by atoms with Gasteiger partial charge in [-0.2, -0.15) is 9.90 Å². The minimum absolute atomic E-state index is 0.288. The number of nitrogens with one attached hydrogen (secondary N) is 1. The summed E-state index contributed by atoms with van der Waals surface area (Å²) in [6.45, 7) is 4.81. The molecule has 1 saturated heterocycles. The van der Waals surface area contributed by atoms with Crippen LogP contribution in [0.2, 0.25) is 0 Å². The van der Waals surface area contributed by atoms with Gasteiger partial charge in [0.25, 0.3) is 5.91 Å². The molecule has 1 amide bonds. The molecule has 8 nitrogen and oxygen atoms in total. The number of morpholine rings is 1. The van der Waals surface area contributed by atoms with Crippen LogP contribution in [0.1, 0.15) is 16.2 Å². The molecule has 0 atom stereocenters. The molecule has 138 valence electrons. The molecule has 1 aromatic carbocycles. The van der Waals surface area contributed by atoms with Gasteiger partial charge in [0.15, 0.2) is 5.69 Å². The Balaban J connectivity index is 1.47. The van der Waals surface area contributed by atoms with E-state index in [1.165, 1.54) is 4.80 Å². The number of nitrogens with zero attached hydrogens (tertiary/aromatic N) is 5. The zero-order valence-corrected chi connectivity index (χ0v) is 15.0. The minimum Gasteiger partial charge on any atom is -0.378 e. The van der Waals surface area contributed by atoms with Crippen LogP contribution in [-0.2, 0) is 4.74 Å². The lowest BCUT2D eigenvalue weighted by Crippen LogP contribution is -2.36. The van der Waals surface area contributed by atoms with Gasteiger partial charge in [0.1, 0.15) is 5.82 Å². The van der Waals surface area contributed by atoms with Crippen LogP contribution in [0.25, 0.3) is 5.69 Å². The zero-order valence-electron chi connectivity index (χ0n) is 15.0. The molecule has 0 saturated carbocycles. The highest BCUT2D eigenvalue weighted by Gasteiger charge is 2.17. The highest BCUT2D eigenvalue weighted by molar-refractivity contribution is 6.03. The third-order valence-corrected chi connectivity index (χ3v) is 4.33. The second kappa shape index (κ2) is 7.55. The summed E-state index contributed by atoms with van der Waals surface area (Å²) in [4.78, 5) is 20.6. The zero-order chi connectivity index (χ0) is 18.6. The highest BCUT2D eigenvalue weighted by atomic mass is 16.5. The SMILES string of the molecule is Cc1nn(-c2ccccc2)nc1C(=O)Nc1ccc(N2CCOCC2)nc1. The van der Waals surface area contributed by atoms with E-state index in [2.05, 4.69) is 25.4 Å². The normalized spacial score (nSPS) is 14.2. The lowest BCUT2D eigenvalue weighted by Gasteiger charge is -2.27. The second-order valence-electron chi connectivity index (χ2n) is 6.22. The van der Waals surface area contributed by atoms with E-state index >= 15 is 0 Å². The Morgan fingerprint density at radius 3 is 2.56 bits per heavy atom. The summed E-state index contributed by atoms with van der Waals surface area (Å²) in [6.07, 6.45) is 1.65. The van der Waals surface area contributed by atoms with Gasteiger partial charge in [-0.25, -0.2) is 4.98 Å². The van der Waals surface area contributed by atoms with Crippen molar-refractivity contribution in [1.29, 1.82) is 0 Å². The van der Waals surface area contributed by atoms with Gasteiger partial charge in [0.2, 0.25) is 0 Å². The fraction of sp³-hybridized carbons (Fsp3) is 0.263. The van der Waals surface area contributed by atoms with Crippen LogP contribution in [0.3, 0.4) is 0 Å². The number of aryl methyl sites for hydroxylation is 1. The molecule has 0 spiro atoms. The van der Waals surface area contributed by atoms with Crippen molar-refractivity contribution in [1.82, 2.24) is 20.0 Å². The molecule has 2 aromatic heterocycles. The Kier molecular flexibility index (Phi) is 4.80. The van der Waals surface area contributed by atoms with Crippen LogP contribution in [0, 0.1) is 6.92 Å². The van der Waals surface area contributed by atoms with Crippen LogP contribution in [0.15, 0.2) is 48.7 Å². The first-order valence-electron chi connectivity index (χ1n) is 8.80. The summed E-state index contributed by atoms with van der Waals surface area (Å²) in [7, 11) is 0. The molecule has 8 heteroatoms. The molecule has 0 unspecified atom stereocenters. The molecular weight excluding hydrogens is 344 g/mol. The maximum Gasteiger partial charge on any atom is 0.278 e. The maximum absolute atomic E-state index is 12.6. The van der Waals surface area contributed by atoms with E-state index in [1.54, 1.807) is 13.1 Å². The van der Waals surface area contributed by atoms with Gasteiger partial charge in [-0.15, -0.1) is 5.10 Å². The van der Waals surface area contributed by atoms with Crippen molar-refractivity contribution >= 4 is 17.4 Å². The summed E-state index contributed by atoms with van der Waals surface area (Å²) in [5, 5.41) is 11.5. The van der Waals surface area contributed by atoms with Gasteiger partial charge >= 0.3 is 0 Å². The Hall–Kier alpha value is -3.26. The van der Waals surface area contributed by atoms with Gasteiger partial charge in [-0.3, -0.25) is 4.79 Å². The first-order chi connectivity index (χ1) is 13.2. The summed E-state index contributed by atoms with van der Waals surface area (Å²) < 4.78 is 5.35. The molecule has 4 rings (SSSR count). The standard InChI is InChI=1S/C19H20N6O2/c1-14-18(23-25(22-14)16-5-3-2-4-6-16)19(26)21-15-7-8-17(20-13-15)24-9-11-27-12-10-24/h2-8,13H,9-12H2,1H3,(H,21,26). The molecule has 3 aromatic rings. The third kappa shape index (κ3) is 3.80. The smallest absolute Gasteiger partial charge is 0.278 e.